The van der Waals surface area contributed by atoms with Gasteiger partial charge in [0.2, 0.25) is 0 Å². The molecule has 1 heterocycles. The molecular formula is C9H11FN2. The Morgan fingerprint density at radius 3 is 2.92 bits per heavy atom. The number of rotatable bonds is 3. The van der Waals surface area contributed by atoms with Crippen LogP contribution in [0.2, 0.25) is 0 Å². The molecule has 0 aromatic carbocycles. The van der Waals surface area contributed by atoms with Gasteiger partial charge < -0.3 is 5.32 Å². The van der Waals surface area contributed by atoms with Crippen LogP contribution in [0.5, 0.6) is 0 Å². The number of pyridine rings is 1. The van der Waals surface area contributed by atoms with Crippen molar-refractivity contribution in [2.45, 2.75) is 12.8 Å². The Morgan fingerprint density at radius 1 is 1.50 bits per heavy atom. The van der Waals surface area contributed by atoms with Crippen molar-refractivity contribution in [1.82, 2.24) is 4.98 Å². The first-order valence-corrected chi connectivity index (χ1v) is 4.20. The number of halogens is 1. The summed E-state index contributed by atoms with van der Waals surface area (Å²) in [7, 11) is 0. The Kier molecular flexibility index (Phi) is 1.94. The van der Waals surface area contributed by atoms with E-state index in [1.54, 1.807) is 6.07 Å². The maximum absolute atomic E-state index is 12.4. The summed E-state index contributed by atoms with van der Waals surface area (Å²) in [5.74, 6) is 1.30. The molecule has 0 atom stereocenters. The van der Waals surface area contributed by atoms with Crippen LogP contribution in [0.1, 0.15) is 12.8 Å². The van der Waals surface area contributed by atoms with Crippen LogP contribution in [0.3, 0.4) is 0 Å². The highest BCUT2D eigenvalue weighted by Gasteiger charge is 2.20. The van der Waals surface area contributed by atoms with Crippen LogP contribution < -0.4 is 5.32 Å². The molecule has 1 aliphatic carbocycles. The summed E-state index contributed by atoms with van der Waals surface area (Å²) in [4.78, 5) is 3.89. The number of anilines is 1. The molecule has 64 valence electrons. The molecule has 3 heteroatoms. The zero-order valence-corrected chi connectivity index (χ0v) is 6.76. The number of nitrogens with one attached hydrogen (secondary N) is 1. The van der Waals surface area contributed by atoms with Gasteiger partial charge in [-0.25, -0.2) is 9.37 Å². The van der Waals surface area contributed by atoms with E-state index >= 15 is 0 Å². The van der Waals surface area contributed by atoms with Gasteiger partial charge in [-0.2, -0.15) is 0 Å². The predicted molar refractivity (Wildman–Crippen MR) is 45.4 cm³/mol. The summed E-state index contributed by atoms with van der Waals surface area (Å²) >= 11 is 0. The topological polar surface area (TPSA) is 24.9 Å². The monoisotopic (exact) mass is 166 g/mol. The van der Waals surface area contributed by atoms with Crippen LogP contribution in [0.4, 0.5) is 10.2 Å². The maximum Gasteiger partial charge on any atom is 0.141 e. The molecule has 0 radical (unpaired) electrons. The number of nitrogens with zero attached hydrogens (tertiary/aromatic N) is 1. The van der Waals surface area contributed by atoms with E-state index in [1.807, 2.05) is 0 Å². The quantitative estimate of drug-likeness (QED) is 0.743. The lowest BCUT2D eigenvalue weighted by atomic mass is 10.4. The summed E-state index contributed by atoms with van der Waals surface area (Å²) in [5, 5.41) is 3.16. The average molecular weight is 166 g/mol. The van der Waals surface area contributed by atoms with Crippen molar-refractivity contribution >= 4 is 5.82 Å². The molecule has 0 unspecified atom stereocenters. The lowest BCUT2D eigenvalue weighted by molar-refractivity contribution is 0.621. The van der Waals surface area contributed by atoms with E-state index in [4.69, 9.17) is 0 Å². The predicted octanol–water partition coefficient (Wildman–Crippen LogP) is 2.04. The van der Waals surface area contributed by atoms with E-state index in [0.29, 0.717) is 0 Å². The first-order valence-electron chi connectivity index (χ1n) is 4.20. The molecule has 0 spiro atoms. The van der Waals surface area contributed by atoms with E-state index in [-0.39, 0.29) is 5.82 Å². The third kappa shape index (κ3) is 1.94. The highest BCUT2D eigenvalue weighted by molar-refractivity contribution is 5.33. The lowest BCUT2D eigenvalue weighted by Crippen LogP contribution is -2.04. The highest BCUT2D eigenvalue weighted by atomic mass is 19.1. The summed E-state index contributed by atoms with van der Waals surface area (Å²) in [5.41, 5.74) is 0. The van der Waals surface area contributed by atoms with Crippen LogP contribution >= 0.6 is 0 Å². The van der Waals surface area contributed by atoms with Crippen LogP contribution in [0.25, 0.3) is 0 Å². The smallest absolute Gasteiger partial charge is 0.141 e. The van der Waals surface area contributed by atoms with Gasteiger partial charge >= 0.3 is 0 Å². The van der Waals surface area contributed by atoms with Crippen LogP contribution in [0, 0.1) is 11.7 Å². The van der Waals surface area contributed by atoms with Crippen molar-refractivity contribution in [3.8, 4) is 0 Å². The Morgan fingerprint density at radius 2 is 2.33 bits per heavy atom. The van der Waals surface area contributed by atoms with Crippen LogP contribution in [-0.2, 0) is 0 Å². The van der Waals surface area contributed by atoms with Gasteiger partial charge in [0.25, 0.3) is 0 Å². The molecule has 1 aromatic heterocycles. The second-order valence-corrected chi connectivity index (χ2v) is 3.19. The van der Waals surface area contributed by atoms with Crippen molar-refractivity contribution in [1.29, 1.82) is 0 Å². The van der Waals surface area contributed by atoms with Crippen molar-refractivity contribution in [2.24, 2.45) is 5.92 Å². The molecular weight excluding hydrogens is 155 g/mol. The van der Waals surface area contributed by atoms with Gasteiger partial charge in [0, 0.05) is 6.54 Å². The van der Waals surface area contributed by atoms with E-state index in [2.05, 4.69) is 10.3 Å². The highest BCUT2D eigenvalue weighted by Crippen LogP contribution is 2.28. The minimum Gasteiger partial charge on any atom is -0.370 e. The molecule has 1 fully saturated rings. The first kappa shape index (κ1) is 7.53. The molecule has 0 aliphatic heterocycles. The summed E-state index contributed by atoms with van der Waals surface area (Å²) in [6.07, 6.45) is 3.86. The summed E-state index contributed by atoms with van der Waals surface area (Å²) in [6.45, 7) is 0.971. The third-order valence-electron chi connectivity index (χ3n) is 2.00. The van der Waals surface area contributed by atoms with Gasteiger partial charge in [-0.3, -0.25) is 0 Å². The molecule has 1 aliphatic rings. The van der Waals surface area contributed by atoms with Crippen molar-refractivity contribution in [2.75, 3.05) is 11.9 Å². The minimum absolute atomic E-state index is 0.285. The van der Waals surface area contributed by atoms with E-state index in [9.17, 15) is 4.39 Å². The van der Waals surface area contributed by atoms with Gasteiger partial charge in [0.05, 0.1) is 6.20 Å². The molecule has 1 saturated carbocycles. The lowest BCUT2D eigenvalue weighted by Gasteiger charge is -2.02. The Labute approximate surface area is 70.8 Å². The fourth-order valence-corrected chi connectivity index (χ4v) is 1.05. The Hall–Kier alpha value is -1.12. The van der Waals surface area contributed by atoms with Crippen molar-refractivity contribution in [3.63, 3.8) is 0 Å². The number of hydrogen-bond donors (Lipinski definition) is 1. The first-order chi connectivity index (χ1) is 5.84. The van der Waals surface area contributed by atoms with Crippen molar-refractivity contribution in [3.05, 3.63) is 24.1 Å². The molecule has 12 heavy (non-hydrogen) atoms. The Balaban J connectivity index is 1.89. The third-order valence-corrected chi connectivity index (χ3v) is 2.00. The van der Waals surface area contributed by atoms with E-state index < -0.39 is 0 Å². The molecule has 0 saturated heterocycles. The fourth-order valence-electron chi connectivity index (χ4n) is 1.05. The largest absolute Gasteiger partial charge is 0.370 e. The normalized spacial score (nSPS) is 16.1. The van der Waals surface area contributed by atoms with E-state index in [0.717, 1.165) is 18.3 Å². The van der Waals surface area contributed by atoms with Gasteiger partial charge in [-0.1, -0.05) is 0 Å². The molecule has 2 rings (SSSR count). The van der Waals surface area contributed by atoms with Crippen LogP contribution in [-0.4, -0.2) is 11.5 Å². The maximum atomic E-state index is 12.4. The van der Waals surface area contributed by atoms with Gasteiger partial charge in [-0.05, 0) is 30.9 Å². The molecule has 1 N–H and O–H groups in total. The van der Waals surface area contributed by atoms with Crippen molar-refractivity contribution < 1.29 is 4.39 Å². The summed E-state index contributed by atoms with van der Waals surface area (Å²) < 4.78 is 12.4. The zero-order chi connectivity index (χ0) is 8.39. The molecule has 1 aromatic rings. The summed E-state index contributed by atoms with van der Waals surface area (Å²) in [6, 6.07) is 3.08. The average Bonchev–Trinajstić information content (AvgIpc) is 2.87. The van der Waals surface area contributed by atoms with E-state index in [1.165, 1.54) is 25.1 Å². The minimum atomic E-state index is -0.285. The van der Waals surface area contributed by atoms with Gasteiger partial charge in [0.1, 0.15) is 11.6 Å². The second kappa shape index (κ2) is 3.09. The Bertz CT molecular complexity index is 254. The molecule has 0 bridgehead atoms. The molecule has 0 amide bonds. The van der Waals surface area contributed by atoms with Crippen LogP contribution in [0.15, 0.2) is 18.3 Å². The van der Waals surface area contributed by atoms with Gasteiger partial charge in [0.15, 0.2) is 0 Å². The van der Waals surface area contributed by atoms with Gasteiger partial charge in [-0.15, -0.1) is 0 Å². The zero-order valence-electron chi connectivity index (χ0n) is 6.76. The molecule has 2 nitrogen and oxygen atoms in total. The SMILES string of the molecule is Fc1ccc(NCC2CC2)nc1. The number of aromatic nitrogens is 1. The number of hydrogen-bond acceptors (Lipinski definition) is 2. The fraction of sp³-hybridized carbons (Fsp3) is 0.444. The standard InChI is InChI=1S/C9H11FN2/c10-8-3-4-9(12-6-8)11-5-7-1-2-7/h3-4,6-7H,1-2,5H2,(H,11,12). The second-order valence-electron chi connectivity index (χ2n) is 3.19.